The predicted octanol–water partition coefficient (Wildman–Crippen LogP) is 3.91. The van der Waals surface area contributed by atoms with Crippen molar-refractivity contribution in [3.05, 3.63) is 77.9 Å². The summed E-state index contributed by atoms with van der Waals surface area (Å²) in [5.41, 5.74) is 1.24. The van der Waals surface area contributed by atoms with Gasteiger partial charge in [0.05, 0.1) is 16.2 Å². The van der Waals surface area contributed by atoms with Gasteiger partial charge in [0, 0.05) is 13.6 Å². The molecule has 26 heavy (non-hydrogen) atoms. The van der Waals surface area contributed by atoms with E-state index in [0.717, 1.165) is 16.3 Å². The lowest BCUT2D eigenvalue weighted by atomic mass is 10.0. The second-order valence-electron chi connectivity index (χ2n) is 6.20. The van der Waals surface area contributed by atoms with Crippen molar-refractivity contribution in [2.24, 2.45) is 0 Å². The van der Waals surface area contributed by atoms with E-state index in [2.05, 4.69) is 0 Å². The molecule has 0 bridgehead atoms. The molecule has 3 rings (SSSR count). The van der Waals surface area contributed by atoms with Gasteiger partial charge in [0.25, 0.3) is 5.91 Å². The Kier molecular flexibility index (Phi) is 5.09. The predicted molar refractivity (Wildman–Crippen MR) is 104 cm³/mol. The van der Waals surface area contributed by atoms with E-state index in [1.807, 2.05) is 42.5 Å². The molecule has 0 saturated heterocycles. The van der Waals surface area contributed by atoms with Crippen LogP contribution in [0, 0.1) is 0 Å². The van der Waals surface area contributed by atoms with E-state index in [1.165, 1.54) is 6.07 Å². The third-order valence-electron chi connectivity index (χ3n) is 4.47. The minimum absolute atomic E-state index is 0.0374. The Morgan fingerprint density at radius 2 is 1.58 bits per heavy atom. The molecular formula is C21H21NO3S. The monoisotopic (exact) mass is 367 g/mol. The lowest BCUT2D eigenvalue weighted by molar-refractivity contribution is 0.0782. The van der Waals surface area contributed by atoms with Gasteiger partial charge in [0.15, 0.2) is 9.84 Å². The first kappa shape index (κ1) is 18.1. The van der Waals surface area contributed by atoms with Gasteiger partial charge in [-0.25, -0.2) is 8.42 Å². The summed E-state index contributed by atoms with van der Waals surface area (Å²) < 4.78 is 24.6. The van der Waals surface area contributed by atoms with Crippen molar-refractivity contribution in [1.82, 2.24) is 4.90 Å². The summed E-state index contributed by atoms with van der Waals surface area (Å²) in [7, 11) is -1.77. The highest BCUT2D eigenvalue weighted by atomic mass is 32.2. The highest BCUT2D eigenvalue weighted by Crippen LogP contribution is 2.22. The van der Waals surface area contributed by atoms with Gasteiger partial charge < -0.3 is 4.90 Å². The van der Waals surface area contributed by atoms with Crippen molar-refractivity contribution < 1.29 is 13.2 Å². The average molecular weight is 367 g/mol. The van der Waals surface area contributed by atoms with E-state index < -0.39 is 9.84 Å². The Morgan fingerprint density at radius 3 is 2.35 bits per heavy atom. The maximum Gasteiger partial charge on any atom is 0.255 e. The van der Waals surface area contributed by atoms with Crippen LogP contribution in [0.4, 0.5) is 0 Å². The molecule has 0 aromatic heterocycles. The fraction of sp³-hybridized carbons (Fsp3) is 0.190. The Balaban J connectivity index is 1.94. The molecule has 0 radical (unpaired) electrons. The molecule has 5 heteroatoms. The minimum atomic E-state index is -3.46. The van der Waals surface area contributed by atoms with Crippen LogP contribution in [0.5, 0.6) is 0 Å². The summed E-state index contributed by atoms with van der Waals surface area (Å²) in [5.74, 6) is -0.338. The first-order valence-corrected chi connectivity index (χ1v) is 10.1. The van der Waals surface area contributed by atoms with Gasteiger partial charge in [-0.3, -0.25) is 4.79 Å². The van der Waals surface area contributed by atoms with Crippen LogP contribution < -0.4 is 0 Å². The molecule has 0 unspecified atom stereocenters. The smallest absolute Gasteiger partial charge is 0.255 e. The van der Waals surface area contributed by atoms with Crippen LogP contribution in [0.3, 0.4) is 0 Å². The SMILES string of the molecule is CCS(=O)(=O)c1ccccc1C(=O)N(C)Cc1cccc2ccccc12. The zero-order chi connectivity index (χ0) is 18.7. The van der Waals surface area contributed by atoms with Crippen molar-refractivity contribution in [2.45, 2.75) is 18.4 Å². The number of carbonyl (C=O) groups excluding carboxylic acids is 1. The molecule has 0 aliphatic rings. The molecule has 0 atom stereocenters. The van der Waals surface area contributed by atoms with Crippen LogP contribution in [0.15, 0.2) is 71.6 Å². The zero-order valence-electron chi connectivity index (χ0n) is 14.8. The standard InChI is InChI=1S/C21H21NO3S/c1-3-26(24,25)20-14-7-6-13-19(20)21(23)22(2)15-17-11-8-10-16-9-4-5-12-18(16)17/h4-14H,3,15H2,1-2H3. The van der Waals surface area contributed by atoms with Gasteiger partial charge >= 0.3 is 0 Å². The van der Waals surface area contributed by atoms with Crippen LogP contribution in [-0.4, -0.2) is 32.0 Å². The van der Waals surface area contributed by atoms with Crippen LogP contribution in [0.1, 0.15) is 22.8 Å². The Labute approximate surface area is 154 Å². The number of carbonyl (C=O) groups is 1. The van der Waals surface area contributed by atoms with Crippen LogP contribution in [0.25, 0.3) is 10.8 Å². The number of hydrogen-bond acceptors (Lipinski definition) is 3. The van der Waals surface area contributed by atoms with Crippen LogP contribution in [-0.2, 0) is 16.4 Å². The topological polar surface area (TPSA) is 54.5 Å². The van der Waals surface area contributed by atoms with Gasteiger partial charge in [-0.2, -0.15) is 0 Å². The van der Waals surface area contributed by atoms with E-state index >= 15 is 0 Å². The van der Waals surface area contributed by atoms with Crippen molar-refractivity contribution in [3.63, 3.8) is 0 Å². The summed E-state index contributed by atoms with van der Waals surface area (Å²) in [6.07, 6.45) is 0. The van der Waals surface area contributed by atoms with E-state index in [-0.39, 0.29) is 22.1 Å². The van der Waals surface area contributed by atoms with E-state index in [4.69, 9.17) is 0 Å². The van der Waals surface area contributed by atoms with Crippen molar-refractivity contribution in [1.29, 1.82) is 0 Å². The first-order chi connectivity index (χ1) is 12.4. The maximum atomic E-state index is 12.9. The Bertz CT molecular complexity index is 1050. The molecule has 0 N–H and O–H groups in total. The van der Waals surface area contributed by atoms with Crippen molar-refractivity contribution in [2.75, 3.05) is 12.8 Å². The van der Waals surface area contributed by atoms with Gasteiger partial charge in [-0.1, -0.05) is 61.5 Å². The number of sulfone groups is 1. The second kappa shape index (κ2) is 7.30. The molecular weight excluding hydrogens is 346 g/mol. The lowest BCUT2D eigenvalue weighted by Gasteiger charge is -2.20. The molecule has 0 saturated carbocycles. The normalized spacial score (nSPS) is 11.5. The molecule has 0 aliphatic heterocycles. The first-order valence-electron chi connectivity index (χ1n) is 8.48. The minimum Gasteiger partial charge on any atom is -0.337 e. The maximum absolute atomic E-state index is 12.9. The van der Waals surface area contributed by atoms with Gasteiger partial charge in [-0.15, -0.1) is 0 Å². The summed E-state index contributed by atoms with van der Waals surface area (Å²) in [5, 5.41) is 2.20. The van der Waals surface area contributed by atoms with Crippen molar-refractivity contribution in [3.8, 4) is 0 Å². The molecule has 0 spiro atoms. The number of benzene rings is 3. The third-order valence-corrected chi connectivity index (χ3v) is 6.25. The number of amides is 1. The lowest BCUT2D eigenvalue weighted by Crippen LogP contribution is -2.28. The molecule has 0 heterocycles. The summed E-state index contributed by atoms with van der Waals surface area (Å²) in [6, 6.07) is 20.4. The van der Waals surface area contributed by atoms with Gasteiger partial charge in [-0.05, 0) is 28.5 Å². The van der Waals surface area contributed by atoms with Crippen LogP contribution in [0.2, 0.25) is 0 Å². The molecule has 3 aromatic rings. The molecule has 4 nitrogen and oxygen atoms in total. The summed E-state index contributed by atoms with van der Waals surface area (Å²) >= 11 is 0. The van der Waals surface area contributed by atoms with Crippen molar-refractivity contribution >= 4 is 26.5 Å². The molecule has 1 amide bonds. The average Bonchev–Trinajstić information content (AvgIpc) is 2.67. The second-order valence-corrected chi connectivity index (χ2v) is 8.45. The zero-order valence-corrected chi connectivity index (χ0v) is 15.7. The van der Waals surface area contributed by atoms with E-state index in [0.29, 0.717) is 6.54 Å². The number of rotatable bonds is 5. The Morgan fingerprint density at radius 1 is 0.923 bits per heavy atom. The largest absolute Gasteiger partial charge is 0.337 e. The van der Waals surface area contributed by atoms with E-state index in [9.17, 15) is 13.2 Å². The Hall–Kier alpha value is -2.66. The summed E-state index contributed by atoms with van der Waals surface area (Å²) in [4.78, 5) is 14.6. The highest BCUT2D eigenvalue weighted by molar-refractivity contribution is 7.91. The molecule has 134 valence electrons. The number of hydrogen-bond donors (Lipinski definition) is 0. The molecule has 0 aliphatic carbocycles. The highest BCUT2D eigenvalue weighted by Gasteiger charge is 2.23. The van der Waals surface area contributed by atoms with E-state index in [1.54, 1.807) is 37.1 Å². The van der Waals surface area contributed by atoms with Gasteiger partial charge in [0.1, 0.15) is 0 Å². The molecule has 0 fully saturated rings. The van der Waals surface area contributed by atoms with Gasteiger partial charge in [0.2, 0.25) is 0 Å². The molecule has 3 aromatic carbocycles. The quantitative estimate of drug-likeness (QED) is 0.687. The number of nitrogens with zero attached hydrogens (tertiary/aromatic N) is 1. The fourth-order valence-corrected chi connectivity index (χ4v) is 4.12. The number of fused-ring (bicyclic) bond motifs is 1. The summed E-state index contributed by atoms with van der Waals surface area (Å²) in [6.45, 7) is 1.98. The third kappa shape index (κ3) is 3.48. The van der Waals surface area contributed by atoms with Crippen LogP contribution >= 0.6 is 0 Å². The fourth-order valence-electron chi connectivity index (χ4n) is 3.03.